The molecular formula is C20H20N4O2S2. The number of fused-ring (bicyclic) bond motifs is 2. The van der Waals surface area contributed by atoms with Crippen molar-refractivity contribution in [3.05, 3.63) is 63.1 Å². The number of amides is 1. The third-order valence-corrected chi connectivity index (χ3v) is 6.33. The second kappa shape index (κ2) is 8.20. The van der Waals surface area contributed by atoms with Crippen LogP contribution in [0.5, 0.6) is 0 Å². The Hall–Kier alpha value is -2.58. The molecule has 1 amide bonds. The highest BCUT2D eigenvalue weighted by molar-refractivity contribution is 7.99. The van der Waals surface area contributed by atoms with Gasteiger partial charge in [-0.3, -0.25) is 9.59 Å². The van der Waals surface area contributed by atoms with Crippen LogP contribution in [0.3, 0.4) is 0 Å². The standard InChI is InChI=1S/C20H20N4O2S2/c1-12-8-15-19(26)23-17(24-20(15)28-12)10-27-11-18(25)21-7-6-13-9-22-16-5-3-2-4-14(13)16/h2-5,8-9,22H,6-7,10-11H2,1H3,(H,21,25)(H,23,24,26). The molecule has 1 aromatic carbocycles. The lowest BCUT2D eigenvalue weighted by Gasteiger charge is -2.05. The molecule has 0 saturated carbocycles. The Balaban J connectivity index is 1.25. The van der Waals surface area contributed by atoms with Gasteiger partial charge in [-0.1, -0.05) is 18.2 Å². The highest BCUT2D eigenvalue weighted by Crippen LogP contribution is 2.21. The quantitative estimate of drug-likeness (QED) is 0.434. The number of hydrogen-bond donors (Lipinski definition) is 3. The molecular weight excluding hydrogens is 392 g/mol. The van der Waals surface area contributed by atoms with Gasteiger partial charge in [0.2, 0.25) is 5.91 Å². The summed E-state index contributed by atoms with van der Waals surface area (Å²) in [6, 6.07) is 9.99. The van der Waals surface area contributed by atoms with Crippen LogP contribution < -0.4 is 10.9 Å². The molecule has 0 fully saturated rings. The van der Waals surface area contributed by atoms with E-state index < -0.39 is 0 Å². The molecule has 28 heavy (non-hydrogen) atoms. The molecule has 3 heterocycles. The zero-order chi connectivity index (χ0) is 19.5. The highest BCUT2D eigenvalue weighted by Gasteiger charge is 2.09. The van der Waals surface area contributed by atoms with Gasteiger partial charge in [0.25, 0.3) is 5.56 Å². The molecule has 144 valence electrons. The van der Waals surface area contributed by atoms with Crippen molar-refractivity contribution in [2.24, 2.45) is 0 Å². The molecule has 0 aliphatic carbocycles. The van der Waals surface area contributed by atoms with E-state index in [4.69, 9.17) is 0 Å². The molecule has 0 aliphatic rings. The van der Waals surface area contributed by atoms with Crippen molar-refractivity contribution in [1.82, 2.24) is 20.3 Å². The molecule has 3 N–H and O–H groups in total. The van der Waals surface area contributed by atoms with Crippen LogP contribution >= 0.6 is 23.1 Å². The Labute approximate surface area is 169 Å². The number of benzene rings is 1. The van der Waals surface area contributed by atoms with Gasteiger partial charge in [-0.05, 0) is 31.0 Å². The summed E-state index contributed by atoms with van der Waals surface area (Å²) in [4.78, 5) is 36.5. The number of carbonyl (C=O) groups is 1. The summed E-state index contributed by atoms with van der Waals surface area (Å²) < 4.78 is 0. The van der Waals surface area contributed by atoms with Gasteiger partial charge in [0.05, 0.1) is 16.9 Å². The van der Waals surface area contributed by atoms with Crippen LogP contribution in [0.15, 0.2) is 41.3 Å². The van der Waals surface area contributed by atoms with Crippen molar-refractivity contribution >= 4 is 50.1 Å². The fourth-order valence-corrected chi connectivity index (χ4v) is 4.75. The number of thiophene rings is 1. The zero-order valence-electron chi connectivity index (χ0n) is 15.4. The Morgan fingerprint density at radius 1 is 1.29 bits per heavy atom. The molecule has 4 aromatic rings. The summed E-state index contributed by atoms with van der Waals surface area (Å²) in [5, 5.41) is 4.78. The lowest BCUT2D eigenvalue weighted by molar-refractivity contribution is -0.118. The number of rotatable bonds is 7. The first-order chi connectivity index (χ1) is 13.6. The summed E-state index contributed by atoms with van der Waals surface area (Å²) in [6.07, 6.45) is 2.78. The van der Waals surface area contributed by atoms with Crippen LogP contribution in [0, 0.1) is 6.92 Å². The van der Waals surface area contributed by atoms with Crippen LogP contribution in [-0.4, -0.2) is 33.2 Å². The number of aromatic amines is 2. The number of H-pyrrole nitrogens is 2. The molecule has 0 radical (unpaired) electrons. The smallest absolute Gasteiger partial charge is 0.259 e. The minimum absolute atomic E-state index is 0.0137. The van der Waals surface area contributed by atoms with Crippen molar-refractivity contribution in [3.63, 3.8) is 0 Å². The first-order valence-corrected chi connectivity index (χ1v) is 11.0. The van der Waals surface area contributed by atoms with Gasteiger partial charge in [0.15, 0.2) is 0 Å². The Morgan fingerprint density at radius 3 is 3.04 bits per heavy atom. The molecule has 8 heteroatoms. The van der Waals surface area contributed by atoms with Gasteiger partial charge in [-0.15, -0.1) is 23.1 Å². The Bertz CT molecular complexity index is 1190. The van der Waals surface area contributed by atoms with Crippen LogP contribution in [0.25, 0.3) is 21.1 Å². The normalized spacial score (nSPS) is 11.3. The maximum atomic E-state index is 12.1. The number of thioether (sulfide) groups is 1. The van der Waals surface area contributed by atoms with Gasteiger partial charge < -0.3 is 15.3 Å². The fraction of sp³-hybridized carbons (Fsp3) is 0.250. The molecule has 0 saturated heterocycles. The second-order valence-corrected chi connectivity index (χ2v) is 8.76. The number of nitrogens with one attached hydrogen (secondary N) is 3. The lowest BCUT2D eigenvalue weighted by Crippen LogP contribution is -2.27. The van der Waals surface area contributed by atoms with Gasteiger partial charge >= 0.3 is 0 Å². The van der Waals surface area contributed by atoms with E-state index in [1.165, 1.54) is 34.0 Å². The Morgan fingerprint density at radius 2 is 2.14 bits per heavy atom. The molecule has 0 spiro atoms. The molecule has 0 bridgehead atoms. The fourth-order valence-electron chi connectivity index (χ4n) is 3.13. The van der Waals surface area contributed by atoms with E-state index in [-0.39, 0.29) is 11.5 Å². The van der Waals surface area contributed by atoms with Crippen molar-refractivity contribution in [3.8, 4) is 0 Å². The van der Waals surface area contributed by atoms with E-state index in [9.17, 15) is 9.59 Å². The maximum Gasteiger partial charge on any atom is 0.259 e. The Kier molecular flexibility index (Phi) is 5.50. The van der Waals surface area contributed by atoms with Crippen molar-refractivity contribution < 1.29 is 4.79 Å². The van der Waals surface area contributed by atoms with Crippen molar-refractivity contribution in [1.29, 1.82) is 0 Å². The average molecular weight is 413 g/mol. The number of para-hydroxylation sites is 1. The van der Waals surface area contributed by atoms with E-state index in [1.54, 1.807) is 0 Å². The first-order valence-electron chi connectivity index (χ1n) is 8.99. The van der Waals surface area contributed by atoms with E-state index in [0.717, 1.165) is 21.6 Å². The number of aryl methyl sites for hydroxylation is 1. The summed E-state index contributed by atoms with van der Waals surface area (Å²) in [7, 11) is 0. The number of aromatic nitrogens is 3. The number of hydrogen-bond acceptors (Lipinski definition) is 5. The number of nitrogens with zero attached hydrogens (tertiary/aromatic N) is 1. The topological polar surface area (TPSA) is 90.6 Å². The molecule has 0 atom stereocenters. The van der Waals surface area contributed by atoms with Crippen LogP contribution in [-0.2, 0) is 17.0 Å². The van der Waals surface area contributed by atoms with Gasteiger partial charge in [-0.2, -0.15) is 0 Å². The van der Waals surface area contributed by atoms with E-state index in [1.807, 2.05) is 37.4 Å². The predicted octanol–water partition coefficient (Wildman–Crippen LogP) is 3.37. The number of carbonyl (C=O) groups excluding carboxylic acids is 1. The second-order valence-electron chi connectivity index (χ2n) is 6.54. The van der Waals surface area contributed by atoms with Crippen LogP contribution in [0.1, 0.15) is 16.3 Å². The van der Waals surface area contributed by atoms with Gasteiger partial charge in [0, 0.05) is 28.5 Å². The van der Waals surface area contributed by atoms with Crippen molar-refractivity contribution in [2.45, 2.75) is 19.1 Å². The summed E-state index contributed by atoms with van der Waals surface area (Å²) in [5.41, 5.74) is 2.19. The van der Waals surface area contributed by atoms with Crippen LogP contribution in [0.2, 0.25) is 0 Å². The molecule has 6 nitrogen and oxygen atoms in total. The van der Waals surface area contributed by atoms with Crippen LogP contribution in [0.4, 0.5) is 0 Å². The minimum atomic E-state index is -0.117. The van der Waals surface area contributed by atoms with Crippen molar-refractivity contribution in [2.75, 3.05) is 12.3 Å². The van der Waals surface area contributed by atoms with E-state index >= 15 is 0 Å². The maximum absolute atomic E-state index is 12.1. The molecule has 3 aromatic heterocycles. The molecule has 4 rings (SSSR count). The zero-order valence-corrected chi connectivity index (χ0v) is 17.0. The summed E-state index contributed by atoms with van der Waals surface area (Å²) in [6.45, 7) is 2.55. The third-order valence-electron chi connectivity index (χ3n) is 4.44. The minimum Gasteiger partial charge on any atom is -0.361 e. The highest BCUT2D eigenvalue weighted by atomic mass is 32.2. The first kappa shape index (κ1) is 18.8. The molecule has 0 unspecified atom stereocenters. The third kappa shape index (κ3) is 4.13. The van der Waals surface area contributed by atoms with E-state index in [0.29, 0.717) is 29.3 Å². The van der Waals surface area contributed by atoms with E-state index in [2.05, 4.69) is 26.3 Å². The predicted molar refractivity (Wildman–Crippen MR) is 116 cm³/mol. The monoisotopic (exact) mass is 412 g/mol. The SMILES string of the molecule is Cc1cc2c(=O)[nH]c(CSCC(=O)NCCc3c[nH]c4ccccc34)nc2s1. The van der Waals surface area contributed by atoms with Gasteiger partial charge in [-0.25, -0.2) is 4.98 Å². The largest absolute Gasteiger partial charge is 0.361 e. The average Bonchev–Trinajstić information content (AvgIpc) is 3.25. The summed E-state index contributed by atoms with van der Waals surface area (Å²) in [5.74, 6) is 1.42. The summed E-state index contributed by atoms with van der Waals surface area (Å²) >= 11 is 2.95. The lowest BCUT2D eigenvalue weighted by atomic mass is 10.1. The van der Waals surface area contributed by atoms with Gasteiger partial charge in [0.1, 0.15) is 10.7 Å². The molecule has 0 aliphatic heterocycles.